The smallest absolute Gasteiger partial charge is 0.243 e. The van der Waals surface area contributed by atoms with Crippen LogP contribution in [0.3, 0.4) is 0 Å². The molecule has 1 spiro atoms. The van der Waals surface area contributed by atoms with Gasteiger partial charge >= 0.3 is 0 Å². The third kappa shape index (κ3) is 4.62. The number of nitrogens with zero attached hydrogens (tertiary/aromatic N) is 2. The highest BCUT2D eigenvalue weighted by molar-refractivity contribution is 7.89. The van der Waals surface area contributed by atoms with E-state index in [0.29, 0.717) is 23.9 Å². The van der Waals surface area contributed by atoms with Crippen LogP contribution in [0.15, 0.2) is 29.2 Å². The number of sulfonamides is 1. The van der Waals surface area contributed by atoms with Gasteiger partial charge in [0.1, 0.15) is 0 Å². The van der Waals surface area contributed by atoms with Crippen LogP contribution in [-0.2, 0) is 10.0 Å². The lowest BCUT2D eigenvalue weighted by atomic mass is 9.64. The van der Waals surface area contributed by atoms with Gasteiger partial charge in [0.25, 0.3) is 0 Å². The molecule has 30 heavy (non-hydrogen) atoms. The summed E-state index contributed by atoms with van der Waals surface area (Å²) in [6.45, 7) is 8.48. The first kappa shape index (κ1) is 22.3. The zero-order chi connectivity index (χ0) is 21.4. The van der Waals surface area contributed by atoms with Gasteiger partial charge in [0.05, 0.1) is 10.5 Å². The van der Waals surface area contributed by atoms with Gasteiger partial charge in [0.2, 0.25) is 10.0 Å². The summed E-state index contributed by atoms with van der Waals surface area (Å²) < 4.78 is 27.9. The molecule has 2 saturated heterocycles. The Morgan fingerprint density at radius 3 is 2.00 bits per heavy atom. The van der Waals surface area contributed by atoms with Crippen molar-refractivity contribution < 1.29 is 13.5 Å². The molecule has 1 aromatic rings. The first-order valence-electron chi connectivity index (χ1n) is 11.8. The van der Waals surface area contributed by atoms with Crippen LogP contribution >= 0.6 is 0 Å². The van der Waals surface area contributed by atoms with Gasteiger partial charge in [0.15, 0.2) is 0 Å². The van der Waals surface area contributed by atoms with Crippen LogP contribution in [0, 0.1) is 5.41 Å². The lowest BCUT2D eigenvalue weighted by Crippen LogP contribution is -2.50. The van der Waals surface area contributed by atoms with Crippen molar-refractivity contribution in [3.63, 3.8) is 0 Å². The van der Waals surface area contributed by atoms with Crippen LogP contribution in [0.2, 0.25) is 0 Å². The summed E-state index contributed by atoms with van der Waals surface area (Å²) in [5.74, 6) is 0.395. The Kier molecular flexibility index (Phi) is 6.33. The summed E-state index contributed by atoms with van der Waals surface area (Å²) >= 11 is 0. The monoisotopic (exact) mass is 434 g/mol. The molecule has 1 N–H and O–H groups in total. The van der Waals surface area contributed by atoms with Gasteiger partial charge < -0.3 is 10.0 Å². The van der Waals surface area contributed by atoms with Crippen LogP contribution in [0.1, 0.15) is 76.7 Å². The van der Waals surface area contributed by atoms with Crippen LogP contribution in [-0.4, -0.2) is 61.1 Å². The third-order valence-corrected chi connectivity index (χ3v) is 9.84. The van der Waals surface area contributed by atoms with Crippen molar-refractivity contribution in [2.45, 2.75) is 81.6 Å². The van der Waals surface area contributed by atoms with E-state index in [-0.39, 0.29) is 5.41 Å². The van der Waals surface area contributed by atoms with Gasteiger partial charge in [-0.3, -0.25) is 0 Å². The third-order valence-electron chi connectivity index (χ3n) is 7.93. The second kappa shape index (κ2) is 8.53. The van der Waals surface area contributed by atoms with Crippen LogP contribution < -0.4 is 0 Å². The SMILES string of the molecule is CC(C)c1ccc(S(=O)(=O)N2CCC3(CC2)CCC(O)(CN2CCCC2)CC3)cc1. The molecule has 0 amide bonds. The summed E-state index contributed by atoms with van der Waals surface area (Å²) in [5, 5.41) is 11.1. The predicted molar refractivity (Wildman–Crippen MR) is 120 cm³/mol. The van der Waals surface area contributed by atoms with E-state index in [1.165, 1.54) is 12.8 Å². The van der Waals surface area contributed by atoms with E-state index in [9.17, 15) is 13.5 Å². The Bertz CT molecular complexity index is 811. The van der Waals surface area contributed by atoms with E-state index in [1.807, 2.05) is 12.1 Å². The molecule has 168 valence electrons. The fourth-order valence-electron chi connectivity index (χ4n) is 5.64. The lowest BCUT2D eigenvalue weighted by molar-refractivity contribution is -0.0625. The van der Waals surface area contributed by atoms with Gasteiger partial charge in [-0.05, 0) is 93.5 Å². The Balaban J connectivity index is 1.34. The summed E-state index contributed by atoms with van der Waals surface area (Å²) in [6.07, 6.45) is 8.09. The van der Waals surface area contributed by atoms with Crippen molar-refractivity contribution >= 4 is 10.0 Å². The summed E-state index contributed by atoms with van der Waals surface area (Å²) in [7, 11) is -3.42. The molecule has 1 saturated carbocycles. The molecule has 2 heterocycles. The van der Waals surface area contributed by atoms with Crippen LogP contribution in [0.4, 0.5) is 0 Å². The highest BCUT2D eigenvalue weighted by Gasteiger charge is 2.45. The minimum Gasteiger partial charge on any atom is -0.389 e. The molecular weight excluding hydrogens is 396 g/mol. The maximum absolute atomic E-state index is 13.1. The molecular formula is C24H38N2O3S. The zero-order valence-electron chi connectivity index (χ0n) is 18.6. The Morgan fingerprint density at radius 1 is 0.900 bits per heavy atom. The van der Waals surface area contributed by atoms with Crippen molar-refractivity contribution in [2.75, 3.05) is 32.7 Å². The summed E-state index contributed by atoms with van der Waals surface area (Å²) in [4.78, 5) is 2.82. The molecule has 4 rings (SSSR count). The van der Waals surface area contributed by atoms with E-state index < -0.39 is 15.6 Å². The minimum atomic E-state index is -3.42. The Hall–Kier alpha value is -0.950. The van der Waals surface area contributed by atoms with Crippen LogP contribution in [0.25, 0.3) is 0 Å². The number of rotatable bonds is 5. The molecule has 0 atom stereocenters. The largest absolute Gasteiger partial charge is 0.389 e. The fraction of sp³-hybridized carbons (Fsp3) is 0.750. The van der Waals surface area contributed by atoms with Gasteiger partial charge in [-0.1, -0.05) is 26.0 Å². The van der Waals surface area contributed by atoms with Crippen LogP contribution in [0.5, 0.6) is 0 Å². The minimum absolute atomic E-state index is 0.213. The number of hydrogen-bond acceptors (Lipinski definition) is 4. The number of likely N-dealkylation sites (tertiary alicyclic amines) is 1. The zero-order valence-corrected chi connectivity index (χ0v) is 19.5. The topological polar surface area (TPSA) is 60.9 Å². The second-order valence-electron chi connectivity index (χ2n) is 10.3. The number of hydrogen-bond donors (Lipinski definition) is 1. The molecule has 0 bridgehead atoms. The Morgan fingerprint density at radius 2 is 1.47 bits per heavy atom. The molecule has 5 nitrogen and oxygen atoms in total. The molecule has 1 aromatic carbocycles. The van der Waals surface area contributed by atoms with E-state index in [1.54, 1.807) is 16.4 Å². The van der Waals surface area contributed by atoms with E-state index in [2.05, 4.69) is 18.7 Å². The van der Waals surface area contributed by atoms with Crippen molar-refractivity contribution in [3.05, 3.63) is 29.8 Å². The molecule has 6 heteroatoms. The van der Waals surface area contributed by atoms with Gasteiger partial charge in [-0.25, -0.2) is 8.42 Å². The Labute approximate surface area is 182 Å². The normalized spacial score (nSPS) is 25.2. The number of piperidine rings is 1. The summed E-state index contributed by atoms with van der Waals surface area (Å²) in [6, 6.07) is 7.39. The lowest BCUT2D eigenvalue weighted by Gasteiger charge is -2.48. The molecule has 3 aliphatic rings. The van der Waals surface area contributed by atoms with Crippen molar-refractivity contribution in [1.82, 2.24) is 9.21 Å². The maximum Gasteiger partial charge on any atom is 0.243 e. The average molecular weight is 435 g/mol. The second-order valence-corrected chi connectivity index (χ2v) is 12.3. The fourth-order valence-corrected chi connectivity index (χ4v) is 7.08. The molecule has 1 aliphatic carbocycles. The number of benzene rings is 1. The van der Waals surface area contributed by atoms with Crippen molar-refractivity contribution in [1.29, 1.82) is 0 Å². The highest BCUT2D eigenvalue weighted by atomic mass is 32.2. The first-order chi connectivity index (χ1) is 14.2. The quantitative estimate of drug-likeness (QED) is 0.761. The summed E-state index contributed by atoms with van der Waals surface area (Å²) in [5.41, 5.74) is 0.831. The van der Waals surface area contributed by atoms with Crippen molar-refractivity contribution in [3.8, 4) is 0 Å². The van der Waals surface area contributed by atoms with Crippen molar-refractivity contribution in [2.24, 2.45) is 5.41 Å². The maximum atomic E-state index is 13.1. The molecule has 0 unspecified atom stereocenters. The van der Waals surface area contributed by atoms with Gasteiger partial charge in [0, 0.05) is 19.6 Å². The van der Waals surface area contributed by atoms with Gasteiger partial charge in [-0.2, -0.15) is 4.31 Å². The molecule has 2 aliphatic heterocycles. The average Bonchev–Trinajstić information content (AvgIpc) is 3.24. The number of aliphatic hydroxyl groups is 1. The highest BCUT2D eigenvalue weighted by Crippen LogP contribution is 2.48. The number of β-amino-alcohol motifs (C(OH)–C–C–N with tert-alkyl or cyclic N) is 1. The first-order valence-corrected chi connectivity index (χ1v) is 13.2. The van der Waals surface area contributed by atoms with E-state index in [4.69, 9.17) is 0 Å². The predicted octanol–water partition coefficient (Wildman–Crippen LogP) is 3.98. The van der Waals surface area contributed by atoms with E-state index in [0.717, 1.165) is 63.7 Å². The molecule has 0 radical (unpaired) electrons. The standard InChI is InChI=1S/C24H38N2O3S/c1-20(2)21-5-7-22(8-6-21)30(28,29)26-17-13-23(14-18-26)9-11-24(27,12-10-23)19-25-15-3-4-16-25/h5-8,20,27H,3-4,9-19H2,1-2H3. The van der Waals surface area contributed by atoms with Gasteiger partial charge in [-0.15, -0.1) is 0 Å². The molecule has 0 aromatic heterocycles. The van der Waals surface area contributed by atoms with E-state index >= 15 is 0 Å². The molecule has 3 fully saturated rings.